The van der Waals surface area contributed by atoms with Crippen LogP contribution in [0.1, 0.15) is 38.0 Å². The monoisotopic (exact) mass is 342 g/mol. The van der Waals surface area contributed by atoms with Crippen LogP contribution in [-0.4, -0.2) is 51.4 Å². The summed E-state index contributed by atoms with van der Waals surface area (Å²) < 4.78 is 38.3. The minimum Gasteiger partial charge on any atom is -0.468 e. The summed E-state index contributed by atoms with van der Waals surface area (Å²) in [5, 5.41) is 0. The van der Waals surface area contributed by atoms with Crippen molar-refractivity contribution in [2.24, 2.45) is 5.92 Å². The molecule has 1 aromatic rings. The van der Waals surface area contributed by atoms with Crippen molar-refractivity contribution in [1.29, 1.82) is 0 Å². The maximum Gasteiger partial charge on any atom is 0.219 e. The average molecular weight is 342 g/mol. The van der Waals surface area contributed by atoms with E-state index >= 15 is 0 Å². The van der Waals surface area contributed by atoms with Crippen molar-refractivity contribution in [1.82, 2.24) is 9.62 Å². The molecule has 2 aliphatic rings. The molecule has 23 heavy (non-hydrogen) atoms. The van der Waals surface area contributed by atoms with E-state index in [1.165, 1.54) is 0 Å². The van der Waals surface area contributed by atoms with Gasteiger partial charge in [0, 0.05) is 13.7 Å². The zero-order chi connectivity index (χ0) is 16.5. The summed E-state index contributed by atoms with van der Waals surface area (Å²) >= 11 is 0. The summed E-state index contributed by atoms with van der Waals surface area (Å²) in [6.07, 6.45) is 4.59. The Morgan fingerprint density at radius 1 is 1.48 bits per heavy atom. The predicted molar refractivity (Wildman–Crippen MR) is 87.6 cm³/mol. The number of likely N-dealkylation sites (tertiary alicyclic amines) is 1. The molecular formula is C16H26N2O4S. The smallest absolute Gasteiger partial charge is 0.219 e. The minimum atomic E-state index is -3.42. The van der Waals surface area contributed by atoms with Gasteiger partial charge < -0.3 is 9.15 Å². The van der Waals surface area contributed by atoms with Gasteiger partial charge in [0.25, 0.3) is 0 Å². The summed E-state index contributed by atoms with van der Waals surface area (Å²) in [7, 11) is -1.87. The number of hydrogen-bond donors (Lipinski definition) is 1. The predicted octanol–water partition coefficient (Wildman–Crippen LogP) is 1.76. The van der Waals surface area contributed by atoms with Gasteiger partial charge in [-0.2, -0.15) is 0 Å². The lowest BCUT2D eigenvalue weighted by Gasteiger charge is -2.27. The average Bonchev–Trinajstić information content (AvgIpc) is 2.99. The van der Waals surface area contributed by atoms with Crippen LogP contribution in [0.5, 0.6) is 0 Å². The number of hydrogen-bond acceptors (Lipinski definition) is 5. The highest BCUT2D eigenvalue weighted by atomic mass is 32.2. The zero-order valence-corrected chi connectivity index (χ0v) is 14.6. The largest absolute Gasteiger partial charge is 0.468 e. The number of methoxy groups -OCH3 is 1. The molecular weight excluding hydrogens is 316 g/mol. The second kappa shape index (κ2) is 6.55. The Kier molecular flexibility index (Phi) is 4.83. The van der Waals surface area contributed by atoms with Gasteiger partial charge in [-0.25, -0.2) is 13.1 Å². The second-order valence-corrected chi connectivity index (χ2v) is 8.84. The maximum atomic E-state index is 12.8. The van der Waals surface area contributed by atoms with Crippen molar-refractivity contribution in [3.8, 4) is 0 Å². The molecule has 1 aliphatic carbocycles. The lowest BCUT2D eigenvalue weighted by molar-refractivity contribution is 0.187. The summed E-state index contributed by atoms with van der Waals surface area (Å²) in [5.74, 6) is 0.952. The Morgan fingerprint density at radius 3 is 2.70 bits per heavy atom. The van der Waals surface area contributed by atoms with Gasteiger partial charge >= 0.3 is 0 Å². The molecule has 3 atom stereocenters. The lowest BCUT2D eigenvalue weighted by atomic mass is 10.2. The van der Waals surface area contributed by atoms with E-state index in [4.69, 9.17) is 9.15 Å². The van der Waals surface area contributed by atoms with Gasteiger partial charge in [-0.3, -0.25) is 4.90 Å². The van der Waals surface area contributed by atoms with Gasteiger partial charge in [-0.15, -0.1) is 0 Å². The molecule has 0 bridgehead atoms. The van der Waals surface area contributed by atoms with Crippen molar-refractivity contribution in [3.05, 3.63) is 24.2 Å². The van der Waals surface area contributed by atoms with E-state index in [0.29, 0.717) is 13.0 Å². The van der Waals surface area contributed by atoms with Crippen LogP contribution in [0.3, 0.4) is 0 Å². The SMILES string of the molecule is COC[C@]1(S(=O)(=O)NCC(c2ccco2)N2CCCC2)C[C@@H]1C. The highest BCUT2D eigenvalue weighted by Gasteiger charge is 2.61. The summed E-state index contributed by atoms with van der Waals surface area (Å²) in [6, 6.07) is 3.72. The normalized spacial score (nSPS) is 29.7. The summed E-state index contributed by atoms with van der Waals surface area (Å²) in [5.41, 5.74) is 0. The van der Waals surface area contributed by atoms with Crippen LogP contribution < -0.4 is 4.72 Å². The standard InChI is InChI=1S/C16H26N2O4S/c1-13-10-16(13,12-21-2)23(19,20)17-11-14(15-6-5-9-22-15)18-7-3-4-8-18/h5-6,9,13-14,17H,3-4,7-8,10-12H2,1-2H3/t13-,14?,16+/m0/s1. The molecule has 0 radical (unpaired) electrons. The number of nitrogens with zero attached hydrogens (tertiary/aromatic N) is 1. The van der Waals surface area contributed by atoms with Crippen LogP contribution in [0.15, 0.2) is 22.8 Å². The first-order valence-electron chi connectivity index (χ1n) is 8.26. The van der Waals surface area contributed by atoms with E-state index in [9.17, 15) is 8.42 Å². The topological polar surface area (TPSA) is 71.8 Å². The van der Waals surface area contributed by atoms with Crippen LogP contribution in [-0.2, 0) is 14.8 Å². The molecule has 130 valence electrons. The van der Waals surface area contributed by atoms with Crippen molar-refractivity contribution in [2.75, 3.05) is 33.4 Å². The number of sulfonamides is 1. The van der Waals surface area contributed by atoms with Crippen molar-refractivity contribution < 1.29 is 17.6 Å². The third-order valence-electron chi connectivity index (χ3n) is 5.23. The Morgan fingerprint density at radius 2 is 2.17 bits per heavy atom. The van der Waals surface area contributed by atoms with E-state index in [2.05, 4.69) is 9.62 Å². The molecule has 0 amide bonds. The van der Waals surface area contributed by atoms with Gasteiger partial charge in [-0.05, 0) is 50.4 Å². The molecule has 1 aromatic heterocycles. The van der Waals surface area contributed by atoms with E-state index < -0.39 is 14.8 Å². The Bertz CT molecular complexity index is 610. The molecule has 1 N–H and O–H groups in total. The first kappa shape index (κ1) is 17.0. The van der Waals surface area contributed by atoms with Crippen molar-refractivity contribution in [2.45, 2.75) is 37.0 Å². The highest BCUT2D eigenvalue weighted by Crippen LogP contribution is 2.49. The zero-order valence-electron chi connectivity index (χ0n) is 13.8. The van der Waals surface area contributed by atoms with Crippen LogP contribution in [0.25, 0.3) is 0 Å². The van der Waals surface area contributed by atoms with E-state index in [0.717, 1.165) is 31.7 Å². The number of nitrogens with one attached hydrogen (secondary N) is 1. The molecule has 2 fully saturated rings. The Balaban J connectivity index is 1.71. The fourth-order valence-corrected chi connectivity index (χ4v) is 5.57. The third kappa shape index (κ3) is 3.20. The molecule has 3 rings (SSSR count). The maximum absolute atomic E-state index is 12.8. The molecule has 1 saturated carbocycles. The van der Waals surface area contributed by atoms with Crippen LogP contribution in [0.2, 0.25) is 0 Å². The molecule has 0 spiro atoms. The Labute approximate surface area is 138 Å². The minimum absolute atomic E-state index is 0.0454. The van der Waals surface area contributed by atoms with Crippen molar-refractivity contribution >= 4 is 10.0 Å². The third-order valence-corrected chi connectivity index (χ3v) is 7.54. The van der Waals surface area contributed by atoms with Gasteiger partial charge in [0.05, 0.1) is 18.9 Å². The molecule has 1 unspecified atom stereocenters. The molecule has 1 saturated heterocycles. The molecule has 6 nitrogen and oxygen atoms in total. The van der Waals surface area contributed by atoms with E-state index in [1.54, 1.807) is 13.4 Å². The highest BCUT2D eigenvalue weighted by molar-refractivity contribution is 7.91. The first-order chi connectivity index (χ1) is 11.0. The quantitative estimate of drug-likeness (QED) is 0.779. The summed E-state index contributed by atoms with van der Waals surface area (Å²) in [4.78, 5) is 2.29. The molecule has 2 heterocycles. The van der Waals surface area contributed by atoms with Crippen molar-refractivity contribution in [3.63, 3.8) is 0 Å². The molecule has 1 aliphatic heterocycles. The number of rotatable bonds is 8. The fraction of sp³-hybridized carbons (Fsp3) is 0.750. The van der Waals surface area contributed by atoms with E-state index in [1.807, 2.05) is 19.1 Å². The van der Waals surface area contributed by atoms with Crippen LogP contribution >= 0.6 is 0 Å². The molecule has 0 aromatic carbocycles. The van der Waals surface area contributed by atoms with Crippen LogP contribution in [0, 0.1) is 5.92 Å². The van der Waals surface area contributed by atoms with Gasteiger partial charge in [0.2, 0.25) is 10.0 Å². The number of furan rings is 1. The number of ether oxygens (including phenoxy) is 1. The van der Waals surface area contributed by atoms with E-state index in [-0.39, 0.29) is 18.6 Å². The first-order valence-corrected chi connectivity index (χ1v) is 9.74. The van der Waals surface area contributed by atoms with Crippen LogP contribution in [0.4, 0.5) is 0 Å². The van der Waals surface area contributed by atoms with Gasteiger partial charge in [0.15, 0.2) is 0 Å². The lowest BCUT2D eigenvalue weighted by Crippen LogP contribution is -2.44. The fourth-order valence-electron chi connectivity index (χ4n) is 3.63. The molecule has 7 heteroatoms. The summed E-state index contributed by atoms with van der Waals surface area (Å²) in [6.45, 7) is 4.51. The second-order valence-electron chi connectivity index (χ2n) is 6.73. The Hall–Kier alpha value is -0.890. The van der Waals surface area contributed by atoms with Gasteiger partial charge in [-0.1, -0.05) is 6.92 Å². The van der Waals surface area contributed by atoms with Gasteiger partial charge in [0.1, 0.15) is 10.5 Å².